The van der Waals surface area contributed by atoms with E-state index in [1.807, 2.05) is 32.0 Å². The number of carbonyl (C=O) groups excluding carboxylic acids is 1. The third-order valence-corrected chi connectivity index (χ3v) is 7.03. The predicted octanol–water partition coefficient (Wildman–Crippen LogP) is 3.69. The molecule has 1 amide bonds. The van der Waals surface area contributed by atoms with Crippen LogP contribution < -0.4 is 10.6 Å². The average molecular weight is 404 g/mol. The zero-order valence-electron chi connectivity index (χ0n) is 17.2. The van der Waals surface area contributed by atoms with Crippen molar-refractivity contribution in [3.05, 3.63) is 53.1 Å². The van der Waals surface area contributed by atoms with Gasteiger partial charge >= 0.3 is 0 Å². The molecule has 0 spiro atoms. The van der Waals surface area contributed by atoms with Gasteiger partial charge in [-0.15, -0.1) is 0 Å². The van der Waals surface area contributed by atoms with Crippen molar-refractivity contribution in [2.24, 2.45) is 0 Å². The Bertz CT molecular complexity index is 951. The number of nitrogens with one attached hydrogen (secondary N) is 2. The van der Waals surface area contributed by atoms with Gasteiger partial charge in [-0.3, -0.25) is 4.79 Å². The van der Waals surface area contributed by atoms with Crippen LogP contribution in [0.3, 0.4) is 0 Å². The Morgan fingerprint density at radius 3 is 2.32 bits per heavy atom. The van der Waals surface area contributed by atoms with Crippen molar-refractivity contribution in [3.8, 4) is 0 Å². The summed E-state index contributed by atoms with van der Waals surface area (Å²) in [6.45, 7) is 10.3. The highest BCUT2D eigenvalue weighted by atomic mass is 32.2. The van der Waals surface area contributed by atoms with Crippen LogP contribution in [0.25, 0.3) is 0 Å². The Hall–Kier alpha value is -2.38. The number of amides is 1. The molecule has 0 fully saturated rings. The lowest BCUT2D eigenvalue weighted by Crippen LogP contribution is -2.31. The van der Waals surface area contributed by atoms with Crippen molar-refractivity contribution in [1.82, 2.24) is 4.31 Å². The van der Waals surface area contributed by atoms with Gasteiger partial charge in [0.15, 0.2) is 0 Å². The number of rotatable bonds is 8. The number of carbonyl (C=O) groups is 1. The van der Waals surface area contributed by atoms with Gasteiger partial charge in [0.05, 0.1) is 11.4 Å². The van der Waals surface area contributed by atoms with Gasteiger partial charge in [-0.2, -0.15) is 4.31 Å². The predicted molar refractivity (Wildman–Crippen MR) is 114 cm³/mol. The molecule has 0 radical (unpaired) electrons. The fourth-order valence-corrected chi connectivity index (χ4v) is 4.69. The number of hydrogen-bond acceptors (Lipinski definition) is 4. The van der Waals surface area contributed by atoms with Crippen LogP contribution in [-0.2, 0) is 14.8 Å². The molecule has 2 aromatic rings. The van der Waals surface area contributed by atoms with Crippen LogP contribution in [0.2, 0.25) is 0 Å². The monoisotopic (exact) mass is 403 g/mol. The molecule has 28 heavy (non-hydrogen) atoms. The van der Waals surface area contributed by atoms with Gasteiger partial charge in [0, 0.05) is 24.5 Å². The largest absolute Gasteiger partial charge is 0.376 e. The first-order valence-corrected chi connectivity index (χ1v) is 10.9. The minimum Gasteiger partial charge on any atom is -0.376 e. The molecule has 7 heteroatoms. The van der Waals surface area contributed by atoms with Gasteiger partial charge in [0.1, 0.15) is 0 Å². The number of benzene rings is 2. The standard InChI is InChI=1S/C21H29N3O3S/c1-6-24(7-2)28(26,27)20-13-18(12-11-16(20)4)23-21(25)14-22-19-10-8-9-15(3)17(19)5/h8-13,22H,6-7,14H2,1-5H3,(H,23,25). The molecular formula is C21H29N3O3S. The van der Waals surface area contributed by atoms with Gasteiger partial charge < -0.3 is 10.6 Å². The maximum atomic E-state index is 12.8. The van der Waals surface area contributed by atoms with E-state index in [-0.39, 0.29) is 17.3 Å². The molecule has 0 saturated carbocycles. The second kappa shape index (κ2) is 9.21. The molecule has 2 N–H and O–H groups in total. The van der Waals surface area contributed by atoms with Crippen molar-refractivity contribution in [2.75, 3.05) is 30.3 Å². The topological polar surface area (TPSA) is 78.5 Å². The zero-order valence-corrected chi connectivity index (χ0v) is 18.0. The summed E-state index contributed by atoms with van der Waals surface area (Å²) in [5, 5.41) is 5.90. The fraction of sp³-hybridized carbons (Fsp3) is 0.381. The smallest absolute Gasteiger partial charge is 0.243 e. The molecule has 0 unspecified atom stereocenters. The Balaban J connectivity index is 2.14. The van der Waals surface area contributed by atoms with Crippen LogP contribution in [-0.4, -0.2) is 38.3 Å². The lowest BCUT2D eigenvalue weighted by molar-refractivity contribution is -0.114. The first kappa shape index (κ1) is 21.9. The highest BCUT2D eigenvalue weighted by Gasteiger charge is 2.24. The molecule has 0 heterocycles. The summed E-state index contributed by atoms with van der Waals surface area (Å²) < 4.78 is 27.1. The van der Waals surface area contributed by atoms with Crippen LogP contribution in [0.1, 0.15) is 30.5 Å². The Morgan fingerprint density at radius 1 is 1.00 bits per heavy atom. The molecule has 0 aliphatic rings. The van der Waals surface area contributed by atoms with E-state index in [1.165, 1.54) is 10.4 Å². The summed E-state index contributed by atoms with van der Waals surface area (Å²) in [4.78, 5) is 12.6. The molecule has 152 valence electrons. The quantitative estimate of drug-likeness (QED) is 0.705. The molecule has 0 aliphatic carbocycles. The van der Waals surface area contributed by atoms with Crippen molar-refractivity contribution in [2.45, 2.75) is 39.5 Å². The summed E-state index contributed by atoms with van der Waals surface area (Å²) in [5.41, 5.74) is 4.26. The first-order valence-electron chi connectivity index (χ1n) is 9.41. The van der Waals surface area contributed by atoms with E-state index < -0.39 is 10.0 Å². The van der Waals surface area contributed by atoms with Crippen molar-refractivity contribution < 1.29 is 13.2 Å². The van der Waals surface area contributed by atoms with Crippen LogP contribution in [0.15, 0.2) is 41.3 Å². The summed E-state index contributed by atoms with van der Waals surface area (Å²) in [5.74, 6) is -0.240. The van der Waals surface area contributed by atoms with Crippen molar-refractivity contribution >= 4 is 27.3 Å². The number of nitrogens with zero attached hydrogens (tertiary/aromatic N) is 1. The number of anilines is 2. The maximum absolute atomic E-state index is 12.8. The third-order valence-electron chi connectivity index (χ3n) is 4.84. The zero-order chi connectivity index (χ0) is 20.9. The SMILES string of the molecule is CCN(CC)S(=O)(=O)c1cc(NC(=O)CNc2cccc(C)c2C)ccc1C. The fourth-order valence-electron chi connectivity index (χ4n) is 2.98. The molecule has 0 atom stereocenters. The van der Waals surface area contributed by atoms with E-state index in [0.717, 1.165) is 16.8 Å². The lowest BCUT2D eigenvalue weighted by Gasteiger charge is -2.20. The van der Waals surface area contributed by atoms with Gasteiger partial charge in [-0.1, -0.05) is 32.0 Å². The summed E-state index contributed by atoms with van der Waals surface area (Å²) in [7, 11) is -3.59. The highest BCUT2D eigenvalue weighted by Crippen LogP contribution is 2.24. The van der Waals surface area contributed by atoms with Crippen LogP contribution in [0, 0.1) is 20.8 Å². The maximum Gasteiger partial charge on any atom is 0.243 e. The number of hydrogen-bond donors (Lipinski definition) is 2. The second-order valence-electron chi connectivity index (χ2n) is 6.72. The number of sulfonamides is 1. The lowest BCUT2D eigenvalue weighted by atomic mass is 10.1. The van der Waals surface area contributed by atoms with E-state index in [4.69, 9.17) is 0 Å². The molecule has 2 aromatic carbocycles. The van der Waals surface area contributed by atoms with Gasteiger partial charge in [0.2, 0.25) is 15.9 Å². The second-order valence-corrected chi connectivity index (χ2v) is 8.63. The summed E-state index contributed by atoms with van der Waals surface area (Å²) >= 11 is 0. The summed E-state index contributed by atoms with van der Waals surface area (Å²) in [6.07, 6.45) is 0. The van der Waals surface area contributed by atoms with Gasteiger partial charge in [0.25, 0.3) is 0 Å². The van der Waals surface area contributed by atoms with E-state index in [2.05, 4.69) is 10.6 Å². The average Bonchev–Trinajstić information content (AvgIpc) is 2.65. The molecule has 0 bridgehead atoms. The Labute approximate surface area is 168 Å². The van der Waals surface area contributed by atoms with E-state index in [9.17, 15) is 13.2 Å². The van der Waals surface area contributed by atoms with E-state index in [0.29, 0.717) is 24.3 Å². The first-order chi connectivity index (χ1) is 13.2. The molecule has 2 rings (SSSR count). The van der Waals surface area contributed by atoms with Gasteiger partial charge in [-0.05, 0) is 55.7 Å². The highest BCUT2D eigenvalue weighted by molar-refractivity contribution is 7.89. The minimum absolute atomic E-state index is 0.0935. The van der Waals surface area contributed by atoms with Crippen LogP contribution in [0.4, 0.5) is 11.4 Å². The van der Waals surface area contributed by atoms with E-state index >= 15 is 0 Å². The summed E-state index contributed by atoms with van der Waals surface area (Å²) in [6, 6.07) is 10.8. The third kappa shape index (κ3) is 4.91. The molecule has 0 aromatic heterocycles. The molecule has 0 saturated heterocycles. The van der Waals surface area contributed by atoms with Crippen molar-refractivity contribution in [1.29, 1.82) is 0 Å². The van der Waals surface area contributed by atoms with E-state index in [1.54, 1.807) is 32.9 Å². The Morgan fingerprint density at radius 2 is 1.68 bits per heavy atom. The van der Waals surface area contributed by atoms with Crippen molar-refractivity contribution in [3.63, 3.8) is 0 Å². The molecule has 6 nitrogen and oxygen atoms in total. The van der Waals surface area contributed by atoms with Crippen LogP contribution >= 0.6 is 0 Å². The number of aryl methyl sites for hydroxylation is 2. The Kier molecular flexibility index (Phi) is 7.21. The van der Waals surface area contributed by atoms with Crippen LogP contribution in [0.5, 0.6) is 0 Å². The van der Waals surface area contributed by atoms with Gasteiger partial charge in [-0.25, -0.2) is 8.42 Å². The normalized spacial score (nSPS) is 11.5. The minimum atomic E-state index is -3.59. The molecule has 0 aliphatic heterocycles. The molecular weight excluding hydrogens is 374 g/mol.